The maximum atomic E-state index is 14.2. The second-order valence-corrected chi connectivity index (χ2v) is 7.67. The third kappa shape index (κ3) is 4.49. The fourth-order valence-corrected chi connectivity index (χ4v) is 3.84. The summed E-state index contributed by atoms with van der Waals surface area (Å²) in [7, 11) is -3.90. The molecule has 1 amide bonds. The molecule has 25 heavy (non-hydrogen) atoms. The van der Waals surface area contributed by atoms with Gasteiger partial charge in [-0.15, -0.1) is 0 Å². The fourth-order valence-electron chi connectivity index (χ4n) is 2.44. The van der Waals surface area contributed by atoms with E-state index in [1.807, 2.05) is 0 Å². The largest absolute Gasteiger partial charge is 0.323 e. The fraction of sp³-hybridized carbons (Fsp3) is 0.235. The molecule has 0 radical (unpaired) electrons. The molecule has 2 aromatic rings. The monoisotopic (exact) mass is 384 g/mol. The smallest absolute Gasteiger partial charge is 0.248 e. The minimum atomic E-state index is -3.90. The summed E-state index contributed by atoms with van der Waals surface area (Å²) in [6, 6.07) is 10.9. The van der Waals surface area contributed by atoms with Crippen LogP contribution in [0.4, 0.5) is 15.8 Å². The van der Waals surface area contributed by atoms with E-state index in [-0.39, 0.29) is 12.1 Å². The van der Waals surface area contributed by atoms with Gasteiger partial charge in [0, 0.05) is 0 Å². The Morgan fingerprint density at radius 3 is 2.36 bits per heavy atom. The summed E-state index contributed by atoms with van der Waals surface area (Å²) < 4.78 is 39.5. The van der Waals surface area contributed by atoms with Gasteiger partial charge in [-0.3, -0.25) is 9.10 Å². The number of carbonyl (C=O) groups is 1. The number of amides is 1. The van der Waals surface area contributed by atoms with E-state index in [1.54, 1.807) is 31.2 Å². The van der Waals surface area contributed by atoms with Gasteiger partial charge in [0.25, 0.3) is 0 Å². The second-order valence-electron chi connectivity index (χ2n) is 5.40. The van der Waals surface area contributed by atoms with Gasteiger partial charge in [-0.25, -0.2) is 12.8 Å². The molecule has 8 heteroatoms. The molecule has 1 atom stereocenters. The van der Waals surface area contributed by atoms with Gasteiger partial charge in [0.15, 0.2) is 0 Å². The molecule has 5 nitrogen and oxygen atoms in total. The van der Waals surface area contributed by atoms with Gasteiger partial charge in [-0.2, -0.15) is 0 Å². The number of nitrogens with zero attached hydrogens (tertiary/aromatic N) is 1. The molecule has 0 fully saturated rings. The van der Waals surface area contributed by atoms with Crippen LogP contribution in [-0.4, -0.2) is 26.6 Å². The van der Waals surface area contributed by atoms with E-state index >= 15 is 0 Å². The predicted octanol–water partition coefficient (Wildman–Crippen LogP) is 3.66. The van der Waals surface area contributed by atoms with Crippen LogP contribution in [0.3, 0.4) is 0 Å². The average molecular weight is 385 g/mol. The first-order valence-corrected chi connectivity index (χ1v) is 9.77. The number of halogens is 2. The molecule has 134 valence electrons. The van der Waals surface area contributed by atoms with Gasteiger partial charge < -0.3 is 5.32 Å². The molecule has 0 bridgehead atoms. The number of anilines is 2. The molecule has 0 aliphatic heterocycles. The molecule has 2 rings (SSSR count). The molecule has 2 aromatic carbocycles. The number of sulfonamides is 1. The molecule has 0 aromatic heterocycles. The Morgan fingerprint density at radius 2 is 1.80 bits per heavy atom. The second kappa shape index (κ2) is 7.84. The third-order valence-corrected chi connectivity index (χ3v) is 5.05. The average Bonchev–Trinajstić information content (AvgIpc) is 2.54. The van der Waals surface area contributed by atoms with Gasteiger partial charge in [-0.05, 0) is 30.7 Å². The highest BCUT2D eigenvalue weighted by molar-refractivity contribution is 7.92. The lowest BCUT2D eigenvalue weighted by Crippen LogP contribution is -2.47. The van der Waals surface area contributed by atoms with Crippen molar-refractivity contribution in [2.24, 2.45) is 0 Å². The SMILES string of the molecule is CCC(C(=O)Nc1ccccc1Cl)N(c1ccccc1F)S(C)(=O)=O. The van der Waals surface area contributed by atoms with Crippen molar-refractivity contribution in [3.63, 3.8) is 0 Å². The van der Waals surface area contributed by atoms with E-state index in [1.165, 1.54) is 18.2 Å². The number of hydrogen-bond donors (Lipinski definition) is 1. The zero-order valence-corrected chi connectivity index (χ0v) is 15.3. The molecule has 0 spiro atoms. The van der Waals surface area contributed by atoms with Gasteiger partial charge in [-0.1, -0.05) is 42.8 Å². The number of rotatable bonds is 6. The highest BCUT2D eigenvalue weighted by Crippen LogP contribution is 2.27. The molecule has 1 unspecified atom stereocenters. The highest BCUT2D eigenvalue weighted by Gasteiger charge is 2.33. The maximum absolute atomic E-state index is 14.2. The van der Waals surface area contributed by atoms with Crippen molar-refractivity contribution in [2.45, 2.75) is 19.4 Å². The van der Waals surface area contributed by atoms with E-state index in [2.05, 4.69) is 5.32 Å². The number of para-hydroxylation sites is 2. The lowest BCUT2D eigenvalue weighted by Gasteiger charge is -2.30. The number of nitrogens with one attached hydrogen (secondary N) is 1. The first kappa shape index (κ1) is 19.2. The normalized spacial score (nSPS) is 12.5. The van der Waals surface area contributed by atoms with Crippen molar-refractivity contribution in [3.05, 3.63) is 59.4 Å². The van der Waals surface area contributed by atoms with Crippen LogP contribution in [0, 0.1) is 5.82 Å². The Morgan fingerprint density at radius 1 is 1.20 bits per heavy atom. The standard InChI is InChI=1S/C17H18ClFN2O3S/c1-3-15(17(22)20-14-10-6-4-8-12(14)18)21(25(2,23)24)16-11-7-5-9-13(16)19/h4-11,15H,3H2,1-2H3,(H,20,22). The Hall–Kier alpha value is -2.12. The van der Waals surface area contributed by atoms with Crippen LogP contribution in [0.2, 0.25) is 5.02 Å². The minimum absolute atomic E-state index is 0.150. The summed E-state index contributed by atoms with van der Waals surface area (Å²) in [5.41, 5.74) is 0.181. The molecule has 0 saturated carbocycles. The van der Waals surface area contributed by atoms with E-state index < -0.39 is 27.8 Å². The summed E-state index contributed by atoms with van der Waals surface area (Å²) in [6.07, 6.45) is 1.09. The molecule has 0 aliphatic carbocycles. The van der Waals surface area contributed by atoms with Crippen molar-refractivity contribution in [3.8, 4) is 0 Å². The van der Waals surface area contributed by atoms with Gasteiger partial charge in [0.1, 0.15) is 11.9 Å². The minimum Gasteiger partial charge on any atom is -0.323 e. The van der Waals surface area contributed by atoms with Crippen molar-refractivity contribution >= 4 is 38.9 Å². The topological polar surface area (TPSA) is 66.5 Å². The molecule has 0 saturated heterocycles. The molecule has 0 aliphatic rings. The number of hydrogen-bond acceptors (Lipinski definition) is 3. The Labute approximate surface area is 151 Å². The summed E-state index contributed by atoms with van der Waals surface area (Å²) in [4.78, 5) is 12.7. The van der Waals surface area contributed by atoms with E-state index in [0.717, 1.165) is 16.6 Å². The van der Waals surface area contributed by atoms with Gasteiger partial charge in [0.2, 0.25) is 15.9 Å². The van der Waals surface area contributed by atoms with Crippen molar-refractivity contribution in [2.75, 3.05) is 15.9 Å². The van der Waals surface area contributed by atoms with E-state index in [4.69, 9.17) is 11.6 Å². The Kier molecular flexibility index (Phi) is 6.02. The quantitative estimate of drug-likeness (QED) is 0.826. The van der Waals surface area contributed by atoms with Gasteiger partial charge >= 0.3 is 0 Å². The first-order chi connectivity index (χ1) is 11.8. The summed E-state index contributed by atoms with van der Waals surface area (Å²) in [5.74, 6) is -1.32. The van der Waals surface area contributed by atoms with Crippen LogP contribution >= 0.6 is 11.6 Å². The van der Waals surface area contributed by atoms with Crippen LogP contribution in [-0.2, 0) is 14.8 Å². The van der Waals surface area contributed by atoms with E-state index in [9.17, 15) is 17.6 Å². The number of benzene rings is 2. The molecular weight excluding hydrogens is 367 g/mol. The zero-order valence-electron chi connectivity index (χ0n) is 13.7. The predicted molar refractivity (Wildman–Crippen MR) is 97.9 cm³/mol. The third-order valence-electron chi connectivity index (χ3n) is 3.55. The van der Waals surface area contributed by atoms with E-state index in [0.29, 0.717) is 10.7 Å². The van der Waals surface area contributed by atoms with Gasteiger partial charge in [0.05, 0.1) is 22.7 Å². The van der Waals surface area contributed by atoms with Crippen molar-refractivity contribution in [1.29, 1.82) is 0 Å². The van der Waals surface area contributed by atoms with Crippen LogP contribution in [0.25, 0.3) is 0 Å². The Balaban J connectivity index is 2.42. The van der Waals surface area contributed by atoms with Crippen LogP contribution in [0.15, 0.2) is 48.5 Å². The summed E-state index contributed by atoms with van der Waals surface area (Å²) in [6.45, 7) is 1.65. The lowest BCUT2D eigenvalue weighted by atomic mass is 10.1. The maximum Gasteiger partial charge on any atom is 0.248 e. The lowest BCUT2D eigenvalue weighted by molar-refractivity contribution is -0.117. The summed E-state index contributed by atoms with van der Waals surface area (Å²) >= 11 is 6.02. The molecule has 1 N–H and O–H groups in total. The van der Waals surface area contributed by atoms with Crippen LogP contribution in [0.1, 0.15) is 13.3 Å². The van der Waals surface area contributed by atoms with Crippen LogP contribution < -0.4 is 9.62 Å². The first-order valence-electron chi connectivity index (χ1n) is 7.55. The van der Waals surface area contributed by atoms with Crippen molar-refractivity contribution < 1.29 is 17.6 Å². The number of carbonyl (C=O) groups excluding carboxylic acids is 1. The highest BCUT2D eigenvalue weighted by atomic mass is 35.5. The van der Waals surface area contributed by atoms with Crippen molar-refractivity contribution in [1.82, 2.24) is 0 Å². The zero-order chi connectivity index (χ0) is 18.6. The summed E-state index contributed by atoms with van der Waals surface area (Å²) in [5, 5.41) is 2.93. The molecule has 0 heterocycles. The molecular formula is C17H18ClFN2O3S. The van der Waals surface area contributed by atoms with Crippen LogP contribution in [0.5, 0.6) is 0 Å². The Bertz CT molecular complexity index is 874.